The maximum absolute atomic E-state index is 12.2. The molecule has 1 atom stereocenters. The Bertz CT molecular complexity index is 459. The highest BCUT2D eigenvalue weighted by molar-refractivity contribution is 5.94. The second-order valence-electron chi connectivity index (χ2n) is 4.43. The van der Waals surface area contributed by atoms with Gasteiger partial charge in [-0.05, 0) is 13.0 Å². The molecule has 110 valence electrons. The Balaban J connectivity index is 2.66. The molecule has 0 bridgehead atoms. The van der Waals surface area contributed by atoms with E-state index in [1.165, 1.54) is 18.2 Å². The van der Waals surface area contributed by atoms with Crippen molar-refractivity contribution >= 4 is 11.9 Å². The van der Waals surface area contributed by atoms with Crippen molar-refractivity contribution in [2.24, 2.45) is 5.92 Å². The van der Waals surface area contributed by atoms with Crippen LogP contribution in [0.2, 0.25) is 0 Å². The zero-order chi connectivity index (χ0) is 15.1. The number of carbonyl (C=O) groups is 2. The fourth-order valence-corrected chi connectivity index (χ4v) is 1.73. The van der Waals surface area contributed by atoms with E-state index in [0.29, 0.717) is 24.6 Å². The summed E-state index contributed by atoms with van der Waals surface area (Å²) in [5, 5.41) is 0. The standard InChI is InChI=1S/C14H20N2O4/c1-5-20-12-7-6-11(8-15-12)13(17)16(3)9-10(2)14(18)19-4/h6-8,10H,5,9H2,1-4H3. The molecule has 0 aliphatic carbocycles. The summed E-state index contributed by atoms with van der Waals surface area (Å²) in [5.74, 6) is -0.426. The number of carbonyl (C=O) groups excluding carboxylic acids is 2. The molecule has 0 saturated carbocycles. The van der Waals surface area contributed by atoms with Gasteiger partial charge in [0.25, 0.3) is 5.91 Å². The normalized spacial score (nSPS) is 11.6. The van der Waals surface area contributed by atoms with Crippen LogP contribution in [0.25, 0.3) is 0 Å². The smallest absolute Gasteiger partial charge is 0.310 e. The number of amides is 1. The van der Waals surface area contributed by atoms with Crippen LogP contribution in [0, 0.1) is 5.92 Å². The molecule has 0 aliphatic heterocycles. The highest BCUT2D eigenvalue weighted by atomic mass is 16.5. The van der Waals surface area contributed by atoms with Crippen molar-refractivity contribution in [2.75, 3.05) is 27.3 Å². The molecule has 0 N–H and O–H groups in total. The average molecular weight is 280 g/mol. The zero-order valence-corrected chi connectivity index (χ0v) is 12.3. The van der Waals surface area contributed by atoms with Crippen molar-refractivity contribution in [3.8, 4) is 5.88 Å². The van der Waals surface area contributed by atoms with Crippen molar-refractivity contribution in [3.63, 3.8) is 0 Å². The molecular formula is C14H20N2O4. The summed E-state index contributed by atoms with van der Waals surface area (Å²) < 4.78 is 9.85. The first-order valence-electron chi connectivity index (χ1n) is 6.41. The van der Waals surface area contributed by atoms with E-state index in [4.69, 9.17) is 4.74 Å². The van der Waals surface area contributed by atoms with E-state index in [9.17, 15) is 9.59 Å². The molecule has 6 heteroatoms. The number of methoxy groups -OCH3 is 1. The molecule has 0 aliphatic rings. The highest BCUT2D eigenvalue weighted by Crippen LogP contribution is 2.10. The lowest BCUT2D eigenvalue weighted by molar-refractivity contribution is -0.145. The molecule has 1 heterocycles. The van der Waals surface area contributed by atoms with Crippen LogP contribution in [-0.4, -0.2) is 49.1 Å². The SMILES string of the molecule is CCOc1ccc(C(=O)N(C)CC(C)C(=O)OC)cn1. The van der Waals surface area contributed by atoms with Gasteiger partial charge < -0.3 is 14.4 Å². The van der Waals surface area contributed by atoms with Gasteiger partial charge in [-0.2, -0.15) is 0 Å². The number of aromatic nitrogens is 1. The van der Waals surface area contributed by atoms with Crippen LogP contribution in [0.5, 0.6) is 5.88 Å². The first-order valence-corrected chi connectivity index (χ1v) is 6.41. The minimum atomic E-state index is -0.371. The number of esters is 1. The fourth-order valence-electron chi connectivity index (χ4n) is 1.73. The Labute approximate surface area is 118 Å². The van der Waals surface area contributed by atoms with Crippen LogP contribution >= 0.6 is 0 Å². The molecule has 1 aromatic heterocycles. The number of pyridine rings is 1. The van der Waals surface area contributed by atoms with Crippen LogP contribution in [-0.2, 0) is 9.53 Å². The molecule has 1 rings (SSSR count). The van der Waals surface area contributed by atoms with Gasteiger partial charge in [-0.15, -0.1) is 0 Å². The number of hydrogen-bond donors (Lipinski definition) is 0. The third-order valence-corrected chi connectivity index (χ3v) is 2.77. The van der Waals surface area contributed by atoms with E-state index in [-0.39, 0.29) is 17.8 Å². The molecule has 0 aromatic carbocycles. The van der Waals surface area contributed by atoms with Crippen LogP contribution in [0.3, 0.4) is 0 Å². The van der Waals surface area contributed by atoms with Crippen LogP contribution in [0.15, 0.2) is 18.3 Å². The summed E-state index contributed by atoms with van der Waals surface area (Å²) >= 11 is 0. The predicted molar refractivity (Wildman–Crippen MR) is 73.5 cm³/mol. The Morgan fingerprint density at radius 2 is 2.10 bits per heavy atom. The molecule has 1 amide bonds. The maximum Gasteiger partial charge on any atom is 0.310 e. The zero-order valence-electron chi connectivity index (χ0n) is 12.3. The van der Waals surface area contributed by atoms with Crippen molar-refractivity contribution in [2.45, 2.75) is 13.8 Å². The van der Waals surface area contributed by atoms with Crippen molar-refractivity contribution in [1.29, 1.82) is 0 Å². The fraction of sp³-hybridized carbons (Fsp3) is 0.500. The van der Waals surface area contributed by atoms with E-state index in [1.807, 2.05) is 6.92 Å². The number of hydrogen-bond acceptors (Lipinski definition) is 5. The molecular weight excluding hydrogens is 260 g/mol. The van der Waals surface area contributed by atoms with E-state index in [2.05, 4.69) is 9.72 Å². The minimum absolute atomic E-state index is 0.198. The van der Waals surface area contributed by atoms with E-state index >= 15 is 0 Å². The Kier molecular flexibility index (Phi) is 5.96. The van der Waals surface area contributed by atoms with E-state index in [1.54, 1.807) is 26.1 Å². The average Bonchev–Trinajstić information content (AvgIpc) is 2.46. The topological polar surface area (TPSA) is 68.7 Å². The van der Waals surface area contributed by atoms with Gasteiger partial charge in [0, 0.05) is 25.9 Å². The van der Waals surface area contributed by atoms with Crippen molar-refractivity contribution in [3.05, 3.63) is 23.9 Å². The molecule has 0 spiro atoms. The lowest BCUT2D eigenvalue weighted by atomic mass is 10.1. The maximum atomic E-state index is 12.2. The first-order chi connectivity index (χ1) is 9.49. The number of ether oxygens (including phenoxy) is 2. The summed E-state index contributed by atoms with van der Waals surface area (Å²) in [4.78, 5) is 29.0. The third-order valence-electron chi connectivity index (χ3n) is 2.77. The molecule has 0 radical (unpaired) electrons. The molecule has 0 saturated heterocycles. The van der Waals surface area contributed by atoms with E-state index < -0.39 is 0 Å². The van der Waals surface area contributed by atoms with Crippen LogP contribution in [0.1, 0.15) is 24.2 Å². The minimum Gasteiger partial charge on any atom is -0.478 e. The number of nitrogens with zero attached hydrogens (tertiary/aromatic N) is 2. The monoisotopic (exact) mass is 280 g/mol. The summed E-state index contributed by atoms with van der Waals surface area (Å²) in [7, 11) is 2.97. The molecule has 0 fully saturated rings. The quantitative estimate of drug-likeness (QED) is 0.736. The summed E-state index contributed by atoms with van der Waals surface area (Å²) in [6.07, 6.45) is 1.46. The summed E-state index contributed by atoms with van der Waals surface area (Å²) in [6, 6.07) is 3.30. The second-order valence-corrected chi connectivity index (χ2v) is 4.43. The lowest BCUT2D eigenvalue weighted by Gasteiger charge is -2.20. The third kappa shape index (κ3) is 4.22. The van der Waals surface area contributed by atoms with Gasteiger partial charge in [-0.1, -0.05) is 6.92 Å². The van der Waals surface area contributed by atoms with Gasteiger partial charge in [0.1, 0.15) is 0 Å². The molecule has 6 nitrogen and oxygen atoms in total. The Morgan fingerprint density at radius 1 is 1.40 bits per heavy atom. The number of rotatable bonds is 6. The lowest BCUT2D eigenvalue weighted by Crippen LogP contribution is -2.34. The van der Waals surface area contributed by atoms with Crippen LogP contribution in [0.4, 0.5) is 0 Å². The molecule has 1 unspecified atom stereocenters. The van der Waals surface area contributed by atoms with Gasteiger partial charge in [0.05, 0.1) is 25.2 Å². The van der Waals surface area contributed by atoms with Gasteiger partial charge in [0.2, 0.25) is 5.88 Å². The van der Waals surface area contributed by atoms with Gasteiger partial charge in [0.15, 0.2) is 0 Å². The summed E-state index contributed by atoms with van der Waals surface area (Å²) in [6.45, 7) is 4.39. The first kappa shape index (κ1) is 15.9. The van der Waals surface area contributed by atoms with E-state index in [0.717, 1.165) is 0 Å². The largest absolute Gasteiger partial charge is 0.478 e. The van der Waals surface area contributed by atoms with Crippen LogP contribution < -0.4 is 4.74 Å². The van der Waals surface area contributed by atoms with Gasteiger partial charge in [-0.25, -0.2) is 4.98 Å². The molecule has 20 heavy (non-hydrogen) atoms. The van der Waals surface area contributed by atoms with Gasteiger partial charge in [-0.3, -0.25) is 9.59 Å². The Morgan fingerprint density at radius 3 is 2.60 bits per heavy atom. The highest BCUT2D eigenvalue weighted by Gasteiger charge is 2.19. The second kappa shape index (κ2) is 7.47. The predicted octanol–water partition coefficient (Wildman–Crippen LogP) is 1.36. The Hall–Kier alpha value is -2.11. The van der Waals surface area contributed by atoms with Crippen molar-refractivity contribution in [1.82, 2.24) is 9.88 Å². The van der Waals surface area contributed by atoms with Crippen molar-refractivity contribution < 1.29 is 19.1 Å². The summed E-state index contributed by atoms with van der Waals surface area (Å²) in [5.41, 5.74) is 0.452. The van der Waals surface area contributed by atoms with Gasteiger partial charge >= 0.3 is 5.97 Å². The molecule has 1 aromatic rings.